The molecule has 6 heteroatoms. The summed E-state index contributed by atoms with van der Waals surface area (Å²) in [7, 11) is 0. The Bertz CT molecular complexity index is 875. The molecular formula is C21H23N3O3. The second-order valence-corrected chi connectivity index (χ2v) is 6.31. The lowest BCUT2D eigenvalue weighted by molar-refractivity contribution is -0.118. The Kier molecular flexibility index (Phi) is 6.10. The molecule has 0 fully saturated rings. The van der Waals surface area contributed by atoms with Gasteiger partial charge in [-0.15, -0.1) is 0 Å². The van der Waals surface area contributed by atoms with Gasteiger partial charge in [0.1, 0.15) is 12.4 Å². The predicted molar refractivity (Wildman–Crippen MR) is 104 cm³/mol. The van der Waals surface area contributed by atoms with Crippen LogP contribution >= 0.6 is 0 Å². The first kappa shape index (κ1) is 18.5. The Hall–Kier alpha value is -3.28. The molecule has 0 aliphatic rings. The third kappa shape index (κ3) is 5.10. The van der Waals surface area contributed by atoms with E-state index in [1.165, 1.54) is 0 Å². The quantitative estimate of drug-likeness (QED) is 0.654. The molecule has 1 aromatic heterocycles. The molecule has 0 unspecified atom stereocenters. The Morgan fingerprint density at radius 2 is 1.67 bits per heavy atom. The smallest absolute Gasteiger partial charge is 0.263 e. The molecular weight excluding hydrogens is 342 g/mol. The summed E-state index contributed by atoms with van der Waals surface area (Å²) in [5.41, 5.74) is 1.06. The molecule has 0 atom stereocenters. The van der Waals surface area contributed by atoms with Gasteiger partial charge < -0.3 is 14.8 Å². The van der Waals surface area contributed by atoms with E-state index >= 15 is 0 Å². The minimum absolute atomic E-state index is 0.116. The molecule has 1 amide bonds. The van der Waals surface area contributed by atoms with Crippen molar-refractivity contribution < 1.29 is 14.3 Å². The van der Waals surface area contributed by atoms with Crippen molar-refractivity contribution in [3.63, 3.8) is 0 Å². The monoisotopic (exact) mass is 365 g/mol. The fourth-order valence-corrected chi connectivity index (χ4v) is 2.57. The molecule has 1 N–H and O–H groups in total. The number of nitrogens with zero attached hydrogens (tertiary/aromatic N) is 2. The molecule has 0 radical (unpaired) electrons. The van der Waals surface area contributed by atoms with Crippen LogP contribution in [0.4, 0.5) is 5.82 Å². The lowest BCUT2D eigenvalue weighted by Gasteiger charge is -2.14. The predicted octanol–water partition coefficient (Wildman–Crippen LogP) is 4.06. The van der Waals surface area contributed by atoms with Gasteiger partial charge in [0, 0.05) is 12.1 Å². The van der Waals surface area contributed by atoms with Crippen molar-refractivity contribution in [2.24, 2.45) is 0 Å². The maximum Gasteiger partial charge on any atom is 0.263 e. The summed E-state index contributed by atoms with van der Waals surface area (Å²) in [5, 5.41) is 7.01. The fraction of sp³-hybridized carbons (Fsp3) is 0.238. The van der Waals surface area contributed by atoms with Crippen molar-refractivity contribution >= 4 is 11.7 Å². The van der Waals surface area contributed by atoms with Gasteiger partial charge in [-0.05, 0) is 31.5 Å². The first-order valence-corrected chi connectivity index (χ1v) is 8.85. The summed E-state index contributed by atoms with van der Waals surface area (Å²) in [5.74, 6) is 1.52. The first-order valence-electron chi connectivity index (χ1n) is 8.85. The topological polar surface area (TPSA) is 65.4 Å². The van der Waals surface area contributed by atoms with Crippen molar-refractivity contribution in [2.45, 2.75) is 26.5 Å². The number of benzene rings is 2. The minimum Gasteiger partial charge on any atom is -0.485 e. The van der Waals surface area contributed by atoms with Crippen LogP contribution < -0.4 is 14.8 Å². The Labute approximate surface area is 158 Å². The lowest BCUT2D eigenvalue weighted by atomic mass is 10.2. The standard InChI is InChI=1S/C21H23N3O3/c1-16(2)24-20(12-13-22-24)23-21(25)15-27-19-11-7-6-10-18(19)26-14-17-8-4-3-5-9-17/h3-13,16H,14-15H2,1-2H3,(H,23,25). The maximum atomic E-state index is 12.2. The summed E-state index contributed by atoms with van der Waals surface area (Å²) in [6.45, 7) is 4.31. The number of anilines is 1. The van der Waals surface area contributed by atoms with Crippen LogP contribution in [0.15, 0.2) is 66.9 Å². The molecule has 140 valence electrons. The maximum absolute atomic E-state index is 12.2. The fourth-order valence-electron chi connectivity index (χ4n) is 2.57. The van der Waals surface area contributed by atoms with Crippen LogP contribution in [-0.4, -0.2) is 22.3 Å². The van der Waals surface area contributed by atoms with E-state index in [2.05, 4.69) is 10.4 Å². The van der Waals surface area contributed by atoms with Gasteiger partial charge >= 0.3 is 0 Å². The second-order valence-electron chi connectivity index (χ2n) is 6.31. The van der Waals surface area contributed by atoms with Crippen LogP contribution in [0.2, 0.25) is 0 Å². The highest BCUT2D eigenvalue weighted by molar-refractivity contribution is 5.91. The number of nitrogens with one attached hydrogen (secondary N) is 1. The van der Waals surface area contributed by atoms with E-state index in [0.29, 0.717) is 23.9 Å². The van der Waals surface area contributed by atoms with Crippen molar-refractivity contribution in [3.8, 4) is 11.5 Å². The second kappa shape index (κ2) is 8.89. The van der Waals surface area contributed by atoms with E-state index in [1.54, 1.807) is 23.0 Å². The van der Waals surface area contributed by atoms with E-state index in [9.17, 15) is 4.79 Å². The number of carbonyl (C=O) groups is 1. The number of hydrogen-bond acceptors (Lipinski definition) is 4. The van der Waals surface area contributed by atoms with Crippen LogP contribution in [0.25, 0.3) is 0 Å². The zero-order chi connectivity index (χ0) is 19.1. The van der Waals surface area contributed by atoms with E-state index in [4.69, 9.17) is 9.47 Å². The highest BCUT2D eigenvalue weighted by Crippen LogP contribution is 2.27. The summed E-state index contributed by atoms with van der Waals surface area (Å²) < 4.78 is 13.3. The molecule has 27 heavy (non-hydrogen) atoms. The van der Waals surface area contributed by atoms with Gasteiger partial charge in [0.15, 0.2) is 18.1 Å². The van der Waals surface area contributed by atoms with Gasteiger partial charge in [0.05, 0.1) is 6.20 Å². The molecule has 0 saturated carbocycles. The van der Waals surface area contributed by atoms with E-state index in [1.807, 2.05) is 62.4 Å². The molecule has 0 saturated heterocycles. The molecule has 0 bridgehead atoms. The van der Waals surface area contributed by atoms with Crippen molar-refractivity contribution in [1.82, 2.24) is 9.78 Å². The van der Waals surface area contributed by atoms with Gasteiger partial charge in [-0.25, -0.2) is 4.68 Å². The van der Waals surface area contributed by atoms with Gasteiger partial charge in [0.25, 0.3) is 5.91 Å². The molecule has 0 spiro atoms. The molecule has 3 aromatic rings. The SMILES string of the molecule is CC(C)n1nccc1NC(=O)COc1ccccc1OCc1ccccc1. The van der Waals surface area contributed by atoms with Crippen LogP contribution in [0.5, 0.6) is 11.5 Å². The van der Waals surface area contributed by atoms with Crippen molar-refractivity contribution in [3.05, 3.63) is 72.4 Å². The van der Waals surface area contributed by atoms with Crippen LogP contribution in [-0.2, 0) is 11.4 Å². The van der Waals surface area contributed by atoms with Gasteiger partial charge in [-0.1, -0.05) is 42.5 Å². The highest BCUT2D eigenvalue weighted by Gasteiger charge is 2.11. The third-order valence-electron chi connectivity index (χ3n) is 3.87. The van der Waals surface area contributed by atoms with Crippen molar-refractivity contribution in [1.29, 1.82) is 0 Å². The van der Waals surface area contributed by atoms with E-state index < -0.39 is 0 Å². The molecule has 0 aliphatic carbocycles. The number of hydrogen-bond donors (Lipinski definition) is 1. The Morgan fingerprint density at radius 1 is 1.00 bits per heavy atom. The number of para-hydroxylation sites is 2. The zero-order valence-corrected chi connectivity index (χ0v) is 15.5. The van der Waals surface area contributed by atoms with Crippen LogP contribution in [0.1, 0.15) is 25.5 Å². The number of aromatic nitrogens is 2. The number of ether oxygens (including phenoxy) is 2. The van der Waals surface area contributed by atoms with Crippen molar-refractivity contribution in [2.75, 3.05) is 11.9 Å². The average Bonchev–Trinajstić information content (AvgIpc) is 3.14. The Morgan fingerprint density at radius 3 is 2.37 bits per heavy atom. The lowest BCUT2D eigenvalue weighted by Crippen LogP contribution is -2.22. The summed E-state index contributed by atoms with van der Waals surface area (Å²) in [4.78, 5) is 12.2. The third-order valence-corrected chi connectivity index (χ3v) is 3.87. The summed E-state index contributed by atoms with van der Waals surface area (Å²) >= 11 is 0. The van der Waals surface area contributed by atoms with Gasteiger partial charge in [-0.2, -0.15) is 5.10 Å². The number of carbonyl (C=O) groups excluding carboxylic acids is 1. The van der Waals surface area contributed by atoms with E-state index in [0.717, 1.165) is 5.56 Å². The molecule has 0 aliphatic heterocycles. The summed E-state index contributed by atoms with van der Waals surface area (Å²) in [6.07, 6.45) is 1.66. The van der Waals surface area contributed by atoms with Crippen LogP contribution in [0, 0.1) is 0 Å². The largest absolute Gasteiger partial charge is 0.485 e. The molecule has 1 heterocycles. The van der Waals surface area contributed by atoms with Crippen LogP contribution in [0.3, 0.4) is 0 Å². The minimum atomic E-state index is -0.254. The zero-order valence-electron chi connectivity index (χ0n) is 15.5. The van der Waals surface area contributed by atoms with Gasteiger partial charge in [0.2, 0.25) is 0 Å². The van der Waals surface area contributed by atoms with E-state index in [-0.39, 0.29) is 18.6 Å². The molecule has 6 nitrogen and oxygen atoms in total. The first-order chi connectivity index (χ1) is 13.1. The Balaban J connectivity index is 1.57. The normalized spacial score (nSPS) is 10.6. The summed E-state index contributed by atoms with van der Waals surface area (Å²) in [6, 6.07) is 19.1. The number of rotatable bonds is 8. The molecule has 2 aromatic carbocycles. The average molecular weight is 365 g/mol. The highest BCUT2D eigenvalue weighted by atomic mass is 16.5. The van der Waals surface area contributed by atoms with Gasteiger partial charge in [-0.3, -0.25) is 4.79 Å². The molecule has 3 rings (SSSR count). The number of amides is 1.